The van der Waals surface area contributed by atoms with Gasteiger partial charge in [0, 0.05) is 23.7 Å². The molecule has 0 spiro atoms. The molecule has 0 saturated heterocycles. The van der Waals surface area contributed by atoms with Crippen LogP contribution in [0.1, 0.15) is 39.0 Å². The molecular weight excluding hydrogens is 248 g/mol. The zero-order valence-corrected chi connectivity index (χ0v) is 12.0. The lowest BCUT2D eigenvalue weighted by Gasteiger charge is -2.35. The number of fused-ring (bicyclic) bond motifs is 1. The summed E-state index contributed by atoms with van der Waals surface area (Å²) in [5, 5.41) is 1.07. The van der Waals surface area contributed by atoms with Gasteiger partial charge in [-0.15, -0.1) is 0 Å². The van der Waals surface area contributed by atoms with E-state index in [0.29, 0.717) is 6.04 Å². The van der Waals surface area contributed by atoms with Crippen LogP contribution in [0.2, 0.25) is 0 Å². The zero-order valence-electron chi connectivity index (χ0n) is 12.0. The summed E-state index contributed by atoms with van der Waals surface area (Å²) in [6.45, 7) is 3.18. The van der Waals surface area contributed by atoms with Gasteiger partial charge in [-0.25, -0.2) is 9.97 Å². The van der Waals surface area contributed by atoms with E-state index in [1.54, 1.807) is 6.33 Å². The van der Waals surface area contributed by atoms with Crippen molar-refractivity contribution in [1.82, 2.24) is 9.97 Å². The minimum Gasteiger partial charge on any atom is -0.399 e. The van der Waals surface area contributed by atoms with Gasteiger partial charge in [0.2, 0.25) is 0 Å². The third-order valence-electron chi connectivity index (χ3n) is 4.27. The lowest BCUT2D eigenvalue weighted by molar-refractivity contribution is 0.417. The van der Waals surface area contributed by atoms with Crippen LogP contribution in [0.15, 0.2) is 24.5 Å². The van der Waals surface area contributed by atoms with Gasteiger partial charge in [-0.3, -0.25) is 0 Å². The van der Waals surface area contributed by atoms with E-state index in [9.17, 15) is 0 Å². The molecule has 1 fully saturated rings. The molecule has 0 atom stereocenters. The van der Waals surface area contributed by atoms with Gasteiger partial charge >= 0.3 is 0 Å². The number of nitrogens with two attached hydrogens (primary N) is 1. The van der Waals surface area contributed by atoms with Gasteiger partial charge in [0.15, 0.2) is 0 Å². The topological polar surface area (TPSA) is 55.0 Å². The molecule has 0 amide bonds. The second kappa shape index (κ2) is 5.65. The van der Waals surface area contributed by atoms with E-state index < -0.39 is 0 Å². The Morgan fingerprint density at radius 1 is 1.20 bits per heavy atom. The molecule has 0 bridgehead atoms. The molecule has 0 radical (unpaired) electrons. The Morgan fingerprint density at radius 3 is 2.75 bits per heavy atom. The van der Waals surface area contributed by atoms with Crippen LogP contribution < -0.4 is 10.6 Å². The Morgan fingerprint density at radius 2 is 2.00 bits per heavy atom. The van der Waals surface area contributed by atoms with Crippen LogP contribution in [0.4, 0.5) is 11.5 Å². The molecule has 1 aliphatic carbocycles. The van der Waals surface area contributed by atoms with Gasteiger partial charge in [-0.1, -0.05) is 19.3 Å². The molecule has 1 saturated carbocycles. The van der Waals surface area contributed by atoms with Crippen molar-refractivity contribution in [2.24, 2.45) is 0 Å². The first-order valence-corrected chi connectivity index (χ1v) is 7.56. The first-order valence-electron chi connectivity index (χ1n) is 7.56. The van der Waals surface area contributed by atoms with Crippen LogP contribution >= 0.6 is 0 Å². The van der Waals surface area contributed by atoms with E-state index in [0.717, 1.165) is 29.0 Å². The summed E-state index contributed by atoms with van der Waals surface area (Å²) in [6.07, 6.45) is 8.22. The maximum Gasteiger partial charge on any atom is 0.140 e. The number of anilines is 2. The molecule has 0 unspecified atom stereocenters. The Labute approximate surface area is 120 Å². The van der Waals surface area contributed by atoms with E-state index in [4.69, 9.17) is 5.73 Å². The summed E-state index contributed by atoms with van der Waals surface area (Å²) in [4.78, 5) is 11.3. The standard InChI is InChI=1S/C16H22N4/c1-2-20(13-6-4-3-5-7-13)16-14-10-12(17)8-9-15(14)18-11-19-16/h8-11,13H,2-7,17H2,1H3. The SMILES string of the molecule is CCN(c1ncnc2ccc(N)cc12)C1CCCCC1. The number of nitrogen functional groups attached to an aromatic ring is 1. The largest absolute Gasteiger partial charge is 0.399 e. The lowest BCUT2D eigenvalue weighted by atomic mass is 9.94. The number of hydrogen-bond donors (Lipinski definition) is 1. The summed E-state index contributed by atoms with van der Waals surface area (Å²) in [6, 6.07) is 6.48. The number of nitrogens with zero attached hydrogens (tertiary/aromatic N) is 3. The van der Waals surface area contributed by atoms with Crippen LogP contribution in [-0.2, 0) is 0 Å². The third-order valence-corrected chi connectivity index (χ3v) is 4.27. The second-order valence-electron chi connectivity index (χ2n) is 5.55. The Balaban J connectivity index is 2.04. The highest BCUT2D eigenvalue weighted by Crippen LogP contribution is 2.30. The molecule has 106 valence electrons. The summed E-state index contributed by atoms with van der Waals surface area (Å²) >= 11 is 0. The highest BCUT2D eigenvalue weighted by Gasteiger charge is 2.22. The highest BCUT2D eigenvalue weighted by atomic mass is 15.2. The second-order valence-corrected chi connectivity index (χ2v) is 5.55. The Hall–Kier alpha value is -1.84. The zero-order chi connectivity index (χ0) is 13.9. The van der Waals surface area contributed by atoms with Gasteiger partial charge in [0.1, 0.15) is 12.1 Å². The van der Waals surface area contributed by atoms with Crippen molar-refractivity contribution < 1.29 is 0 Å². The predicted octanol–water partition coefficient (Wildman–Crippen LogP) is 3.37. The van der Waals surface area contributed by atoms with E-state index >= 15 is 0 Å². The summed E-state index contributed by atoms with van der Waals surface area (Å²) < 4.78 is 0. The van der Waals surface area contributed by atoms with E-state index in [-0.39, 0.29) is 0 Å². The number of rotatable bonds is 3. The molecule has 1 aliphatic rings. The number of hydrogen-bond acceptors (Lipinski definition) is 4. The summed E-state index contributed by atoms with van der Waals surface area (Å²) in [7, 11) is 0. The van der Waals surface area contributed by atoms with E-state index in [1.165, 1.54) is 32.1 Å². The van der Waals surface area contributed by atoms with Crippen molar-refractivity contribution in [2.75, 3.05) is 17.2 Å². The van der Waals surface area contributed by atoms with Crippen molar-refractivity contribution in [3.8, 4) is 0 Å². The first kappa shape index (κ1) is 13.2. The van der Waals surface area contributed by atoms with Crippen molar-refractivity contribution in [2.45, 2.75) is 45.1 Å². The molecule has 2 aromatic rings. The molecule has 2 N–H and O–H groups in total. The Kier molecular flexibility index (Phi) is 3.72. The molecule has 3 rings (SSSR count). The predicted molar refractivity (Wildman–Crippen MR) is 83.8 cm³/mol. The first-order chi connectivity index (χ1) is 9.79. The quantitative estimate of drug-likeness (QED) is 0.869. The molecule has 20 heavy (non-hydrogen) atoms. The lowest BCUT2D eigenvalue weighted by Crippen LogP contribution is -2.37. The Bertz CT molecular complexity index is 590. The van der Waals surface area contributed by atoms with Gasteiger partial charge in [-0.2, -0.15) is 0 Å². The van der Waals surface area contributed by atoms with Gasteiger partial charge < -0.3 is 10.6 Å². The van der Waals surface area contributed by atoms with Crippen molar-refractivity contribution >= 4 is 22.4 Å². The molecule has 4 heteroatoms. The summed E-state index contributed by atoms with van der Waals surface area (Å²) in [5.74, 6) is 1.04. The maximum absolute atomic E-state index is 5.94. The normalized spacial score (nSPS) is 16.4. The van der Waals surface area contributed by atoms with Gasteiger partial charge in [0.25, 0.3) is 0 Å². The van der Waals surface area contributed by atoms with E-state index in [2.05, 4.69) is 21.8 Å². The molecule has 1 aromatic heterocycles. The summed E-state index contributed by atoms with van der Waals surface area (Å²) in [5.41, 5.74) is 7.68. The minimum absolute atomic E-state index is 0.605. The van der Waals surface area contributed by atoms with Gasteiger partial charge in [-0.05, 0) is 38.0 Å². The maximum atomic E-state index is 5.94. The van der Waals surface area contributed by atoms with Crippen LogP contribution in [0.25, 0.3) is 10.9 Å². The average Bonchev–Trinajstić information content (AvgIpc) is 2.49. The fourth-order valence-electron chi connectivity index (χ4n) is 3.26. The molecule has 1 heterocycles. The monoisotopic (exact) mass is 270 g/mol. The molecular formula is C16H22N4. The van der Waals surface area contributed by atoms with Crippen molar-refractivity contribution in [1.29, 1.82) is 0 Å². The smallest absolute Gasteiger partial charge is 0.140 e. The number of benzene rings is 1. The molecule has 0 aliphatic heterocycles. The van der Waals surface area contributed by atoms with Crippen LogP contribution in [0.3, 0.4) is 0 Å². The molecule has 4 nitrogen and oxygen atoms in total. The van der Waals surface area contributed by atoms with Crippen LogP contribution in [-0.4, -0.2) is 22.6 Å². The van der Waals surface area contributed by atoms with Crippen LogP contribution in [0, 0.1) is 0 Å². The fourth-order valence-corrected chi connectivity index (χ4v) is 3.26. The number of aromatic nitrogens is 2. The van der Waals surface area contributed by atoms with Gasteiger partial charge in [0.05, 0.1) is 5.52 Å². The molecule has 1 aromatic carbocycles. The fraction of sp³-hybridized carbons (Fsp3) is 0.500. The van der Waals surface area contributed by atoms with Crippen molar-refractivity contribution in [3.05, 3.63) is 24.5 Å². The van der Waals surface area contributed by atoms with Crippen molar-refractivity contribution in [3.63, 3.8) is 0 Å². The highest BCUT2D eigenvalue weighted by molar-refractivity contribution is 5.91. The van der Waals surface area contributed by atoms with E-state index in [1.807, 2.05) is 18.2 Å². The van der Waals surface area contributed by atoms with Crippen LogP contribution in [0.5, 0.6) is 0 Å². The third kappa shape index (κ3) is 2.42. The minimum atomic E-state index is 0.605. The average molecular weight is 270 g/mol.